The lowest BCUT2D eigenvalue weighted by Crippen LogP contribution is -2.55. The van der Waals surface area contributed by atoms with Crippen LogP contribution in [0.15, 0.2) is 60.1 Å². The van der Waals surface area contributed by atoms with Gasteiger partial charge < -0.3 is 20.1 Å². The SMILES string of the molecule is Cc1ccnn1CC(C)C(=O)N[C@@H](Cc1ccccc1)[C@H](O)CN(C(CO)C(C)C)S(=O)(=O)c1cn(C)cn1. The van der Waals surface area contributed by atoms with Crippen LogP contribution in [0.3, 0.4) is 0 Å². The molecule has 3 N–H and O–H groups in total. The summed E-state index contributed by atoms with van der Waals surface area (Å²) in [5.74, 6) is -0.991. The van der Waals surface area contributed by atoms with Gasteiger partial charge in [0.2, 0.25) is 5.91 Å². The van der Waals surface area contributed by atoms with Gasteiger partial charge >= 0.3 is 0 Å². The molecule has 0 bridgehead atoms. The largest absolute Gasteiger partial charge is 0.395 e. The molecule has 0 saturated carbocycles. The van der Waals surface area contributed by atoms with Gasteiger partial charge in [0, 0.05) is 31.7 Å². The molecule has 39 heavy (non-hydrogen) atoms. The van der Waals surface area contributed by atoms with Crippen LogP contribution in [0, 0.1) is 18.8 Å². The van der Waals surface area contributed by atoms with Crippen LogP contribution in [0.5, 0.6) is 0 Å². The van der Waals surface area contributed by atoms with E-state index in [0.29, 0.717) is 6.54 Å². The van der Waals surface area contributed by atoms with Crippen molar-refractivity contribution in [2.75, 3.05) is 13.2 Å². The van der Waals surface area contributed by atoms with Gasteiger partial charge in [-0.1, -0.05) is 51.1 Å². The van der Waals surface area contributed by atoms with E-state index in [2.05, 4.69) is 15.4 Å². The van der Waals surface area contributed by atoms with Gasteiger partial charge in [0.05, 0.1) is 43.6 Å². The highest BCUT2D eigenvalue weighted by molar-refractivity contribution is 7.89. The minimum absolute atomic E-state index is 0.178. The van der Waals surface area contributed by atoms with Gasteiger partial charge in [-0.2, -0.15) is 9.40 Å². The third-order valence-corrected chi connectivity index (χ3v) is 8.64. The topological polar surface area (TPSA) is 143 Å². The first kappa shape index (κ1) is 30.5. The van der Waals surface area contributed by atoms with Gasteiger partial charge in [-0.15, -0.1) is 0 Å². The Hall–Kier alpha value is -3.06. The molecule has 214 valence electrons. The van der Waals surface area contributed by atoms with E-state index in [9.17, 15) is 23.4 Å². The average molecular weight is 561 g/mol. The number of aliphatic hydroxyl groups excluding tert-OH is 2. The van der Waals surface area contributed by atoms with Crippen LogP contribution in [0.4, 0.5) is 0 Å². The number of imidazole rings is 1. The molecule has 3 aromatic rings. The molecular weight excluding hydrogens is 520 g/mol. The minimum atomic E-state index is -4.16. The van der Waals surface area contributed by atoms with Gasteiger partial charge in [-0.3, -0.25) is 9.48 Å². The Morgan fingerprint density at radius 2 is 1.85 bits per heavy atom. The van der Waals surface area contributed by atoms with E-state index in [0.717, 1.165) is 15.6 Å². The van der Waals surface area contributed by atoms with Gasteiger partial charge in [-0.05, 0) is 30.9 Å². The standard InChI is InChI=1S/C27H40N6O5S/c1-19(2)24(17-34)33(39(37,38)26-16-31(5)18-28-26)15-25(35)23(13-22-9-7-6-8-10-22)30-27(36)20(3)14-32-21(4)11-12-29-32/h6-12,16,18-20,23-25,34-35H,13-15,17H2,1-5H3,(H,30,36)/t20?,23-,24?,25+/m0/s1. The Bertz CT molecular complexity index is 1310. The molecule has 0 aliphatic rings. The zero-order chi connectivity index (χ0) is 28.7. The molecule has 0 saturated heterocycles. The highest BCUT2D eigenvalue weighted by atomic mass is 32.2. The van der Waals surface area contributed by atoms with E-state index < -0.39 is 40.7 Å². The summed E-state index contributed by atoms with van der Waals surface area (Å²) in [6.07, 6.45) is 3.44. The Balaban J connectivity index is 1.89. The molecular formula is C27H40N6O5S. The zero-order valence-electron chi connectivity index (χ0n) is 23.2. The van der Waals surface area contributed by atoms with Crippen LogP contribution in [-0.2, 0) is 34.8 Å². The fourth-order valence-corrected chi connectivity index (χ4v) is 6.14. The van der Waals surface area contributed by atoms with Crippen molar-refractivity contribution in [1.82, 2.24) is 29.0 Å². The highest BCUT2D eigenvalue weighted by Crippen LogP contribution is 2.22. The normalized spacial score (nSPS) is 15.3. The van der Waals surface area contributed by atoms with E-state index in [1.54, 1.807) is 38.7 Å². The number of nitrogens with one attached hydrogen (secondary N) is 1. The van der Waals surface area contributed by atoms with Gasteiger partial charge in [0.1, 0.15) is 0 Å². The Morgan fingerprint density at radius 3 is 2.38 bits per heavy atom. The van der Waals surface area contributed by atoms with Crippen molar-refractivity contribution in [1.29, 1.82) is 0 Å². The molecule has 0 radical (unpaired) electrons. The molecule has 11 nitrogen and oxygen atoms in total. The van der Waals surface area contributed by atoms with Crippen LogP contribution in [0.1, 0.15) is 32.0 Å². The monoisotopic (exact) mass is 560 g/mol. The number of benzene rings is 1. The lowest BCUT2D eigenvalue weighted by molar-refractivity contribution is -0.126. The molecule has 0 spiro atoms. The first-order chi connectivity index (χ1) is 18.4. The number of rotatable bonds is 14. The predicted molar refractivity (Wildman–Crippen MR) is 147 cm³/mol. The second kappa shape index (κ2) is 13.3. The third-order valence-electron chi connectivity index (χ3n) is 6.86. The van der Waals surface area contributed by atoms with Gasteiger partial charge in [0.25, 0.3) is 10.0 Å². The Labute approximate surface area is 230 Å². The van der Waals surface area contributed by atoms with E-state index in [4.69, 9.17) is 0 Å². The third kappa shape index (κ3) is 7.75. The number of hydrogen-bond acceptors (Lipinski definition) is 7. The second-order valence-corrected chi connectivity index (χ2v) is 12.2. The highest BCUT2D eigenvalue weighted by Gasteiger charge is 2.38. The first-order valence-electron chi connectivity index (χ1n) is 13.1. The molecule has 0 fully saturated rings. The van der Waals surface area contributed by atoms with Gasteiger partial charge in [0.15, 0.2) is 5.03 Å². The lowest BCUT2D eigenvalue weighted by atomic mass is 9.99. The van der Waals surface area contributed by atoms with Crippen LogP contribution >= 0.6 is 0 Å². The summed E-state index contributed by atoms with van der Waals surface area (Å²) >= 11 is 0. The maximum Gasteiger partial charge on any atom is 0.262 e. The smallest absolute Gasteiger partial charge is 0.262 e. The Morgan fingerprint density at radius 1 is 1.15 bits per heavy atom. The molecule has 12 heteroatoms. The number of amides is 1. The molecule has 2 unspecified atom stereocenters. The number of sulfonamides is 1. The fourth-order valence-electron chi connectivity index (χ4n) is 4.41. The summed E-state index contributed by atoms with van der Waals surface area (Å²) in [7, 11) is -2.50. The number of nitrogens with zero attached hydrogens (tertiary/aromatic N) is 5. The molecule has 0 aliphatic carbocycles. The van der Waals surface area contributed by atoms with E-state index in [-0.39, 0.29) is 29.8 Å². The first-order valence-corrected chi connectivity index (χ1v) is 14.5. The van der Waals surface area contributed by atoms with Crippen molar-refractivity contribution >= 4 is 15.9 Å². The Kier molecular flexibility index (Phi) is 10.4. The summed E-state index contributed by atoms with van der Waals surface area (Å²) in [6, 6.07) is 9.62. The van der Waals surface area contributed by atoms with E-state index >= 15 is 0 Å². The minimum Gasteiger partial charge on any atom is -0.395 e. The quantitative estimate of drug-likeness (QED) is 0.270. The van der Waals surface area contributed by atoms with Crippen LogP contribution in [-0.4, -0.2) is 79.5 Å². The van der Waals surface area contributed by atoms with Crippen LogP contribution in [0.25, 0.3) is 0 Å². The fraction of sp³-hybridized carbons (Fsp3) is 0.519. The predicted octanol–water partition coefficient (Wildman–Crippen LogP) is 1.36. The molecule has 2 aromatic heterocycles. The number of hydrogen-bond donors (Lipinski definition) is 3. The van der Waals surface area contributed by atoms with Crippen molar-refractivity contribution in [2.24, 2.45) is 18.9 Å². The summed E-state index contributed by atoms with van der Waals surface area (Å²) in [5, 5.41) is 28.6. The summed E-state index contributed by atoms with van der Waals surface area (Å²) in [4.78, 5) is 17.3. The van der Waals surface area contributed by atoms with Crippen LogP contribution in [0.2, 0.25) is 0 Å². The maximum atomic E-state index is 13.6. The van der Waals surface area contributed by atoms with Crippen molar-refractivity contribution in [3.05, 3.63) is 66.4 Å². The molecule has 0 aliphatic heterocycles. The number of carbonyl (C=O) groups excluding carboxylic acids is 1. The van der Waals surface area contributed by atoms with Crippen molar-refractivity contribution < 1.29 is 23.4 Å². The van der Waals surface area contributed by atoms with Crippen molar-refractivity contribution in [3.63, 3.8) is 0 Å². The number of aromatic nitrogens is 4. The molecule has 1 amide bonds. The van der Waals surface area contributed by atoms with Crippen molar-refractivity contribution in [3.8, 4) is 0 Å². The van der Waals surface area contributed by atoms with Gasteiger partial charge in [-0.25, -0.2) is 13.4 Å². The summed E-state index contributed by atoms with van der Waals surface area (Å²) in [6.45, 7) is 6.87. The summed E-state index contributed by atoms with van der Waals surface area (Å²) < 4.78 is 31.6. The molecule has 1 aromatic carbocycles. The summed E-state index contributed by atoms with van der Waals surface area (Å²) in [5.41, 5.74) is 1.80. The maximum absolute atomic E-state index is 13.6. The van der Waals surface area contributed by atoms with Crippen molar-refractivity contribution in [2.45, 2.75) is 63.9 Å². The zero-order valence-corrected chi connectivity index (χ0v) is 24.0. The molecule has 2 heterocycles. The number of carbonyl (C=O) groups is 1. The molecule has 4 atom stereocenters. The molecule has 3 rings (SSSR count). The van der Waals surface area contributed by atoms with Crippen LogP contribution < -0.4 is 5.32 Å². The number of aliphatic hydroxyl groups is 2. The van der Waals surface area contributed by atoms with E-state index in [1.807, 2.05) is 43.3 Å². The average Bonchev–Trinajstić information content (AvgIpc) is 3.51. The number of aryl methyl sites for hydroxylation is 2. The van der Waals surface area contributed by atoms with E-state index in [1.165, 1.54) is 17.1 Å². The lowest BCUT2D eigenvalue weighted by Gasteiger charge is -2.35. The second-order valence-electron chi connectivity index (χ2n) is 10.4.